The van der Waals surface area contributed by atoms with Gasteiger partial charge in [-0.1, -0.05) is 137 Å². The number of nitrogens with zero attached hydrogens (tertiary/aromatic N) is 2. The minimum absolute atomic E-state index is 0.960. The molecule has 0 unspecified atom stereocenters. The Morgan fingerprint density at radius 2 is 0.766 bits per heavy atom. The second-order valence-corrected chi connectivity index (χ2v) is 14.5. The Hall–Kier alpha value is -2.48. The lowest BCUT2D eigenvalue weighted by Gasteiger charge is -2.15. The van der Waals surface area contributed by atoms with Gasteiger partial charge in [0.2, 0.25) is 11.4 Å². The molecule has 1 aliphatic rings. The summed E-state index contributed by atoms with van der Waals surface area (Å²) in [5.41, 5.74) is 23.5. The van der Waals surface area contributed by atoms with Gasteiger partial charge in [-0.2, -0.15) is 0 Å². The molecule has 0 atom stereocenters. The van der Waals surface area contributed by atoms with E-state index < -0.39 is 0 Å². The second kappa shape index (κ2) is 23.0. The van der Waals surface area contributed by atoms with Crippen molar-refractivity contribution in [3.8, 4) is 0 Å². The van der Waals surface area contributed by atoms with Gasteiger partial charge < -0.3 is 5.53 Å². The van der Waals surface area contributed by atoms with Gasteiger partial charge in [0.25, 0.3) is 0 Å². The smallest absolute Gasteiger partial charge is 0.210 e. The lowest BCUT2D eigenvalue weighted by atomic mass is 9.94. The Labute approximate surface area is 291 Å². The Balaban J connectivity index is 1.95. The molecule has 2 aromatic carbocycles. The summed E-state index contributed by atoms with van der Waals surface area (Å²) in [6.07, 6.45) is 32.1. The molecule has 0 radical (unpaired) electrons. The quantitative estimate of drug-likeness (QED) is 0.0723. The SMILES string of the molecule is CCCCCCCCc1cc(CCCCCCCC)cc(C2=C(CCCCC)C=C(c3cc(CCCC)cc(CCCC)c3)[N+]2=[N-])c1. The summed E-state index contributed by atoms with van der Waals surface area (Å²) in [5, 5.41) is 0. The Bertz CT molecular complexity index is 1200. The Kier molecular flexibility index (Phi) is 19.0. The zero-order valence-corrected chi connectivity index (χ0v) is 31.4. The van der Waals surface area contributed by atoms with E-state index in [9.17, 15) is 5.53 Å². The fourth-order valence-corrected chi connectivity index (χ4v) is 7.19. The largest absolute Gasteiger partial charge is 0.493 e. The maximum Gasteiger partial charge on any atom is 0.210 e. The fraction of sp³-hybridized carbons (Fsp3) is 0.644. The molecule has 0 saturated carbocycles. The maximum absolute atomic E-state index is 12.1. The lowest BCUT2D eigenvalue weighted by Crippen LogP contribution is -2.05. The van der Waals surface area contributed by atoms with Gasteiger partial charge in [0.05, 0.1) is 0 Å². The fourth-order valence-electron chi connectivity index (χ4n) is 7.19. The van der Waals surface area contributed by atoms with Crippen LogP contribution < -0.4 is 0 Å². The topological polar surface area (TPSA) is 25.3 Å². The van der Waals surface area contributed by atoms with Gasteiger partial charge in [0, 0.05) is 22.8 Å². The number of benzene rings is 2. The monoisotopic (exact) mass is 639 g/mol. The van der Waals surface area contributed by atoms with Gasteiger partial charge in [-0.25, -0.2) is 4.70 Å². The molecule has 0 aromatic heterocycles. The third-order valence-electron chi connectivity index (χ3n) is 10.1. The van der Waals surface area contributed by atoms with Gasteiger partial charge in [-0.05, 0) is 111 Å². The number of unbranched alkanes of at least 4 members (excludes halogenated alkanes) is 14. The Morgan fingerprint density at radius 1 is 0.404 bits per heavy atom. The van der Waals surface area contributed by atoms with E-state index in [0.29, 0.717) is 0 Å². The molecule has 1 aliphatic heterocycles. The predicted octanol–water partition coefficient (Wildman–Crippen LogP) is 14.6. The molecule has 0 bridgehead atoms. The van der Waals surface area contributed by atoms with Crippen molar-refractivity contribution in [1.82, 2.24) is 0 Å². The summed E-state index contributed by atoms with van der Waals surface area (Å²) in [6.45, 7) is 11.4. The van der Waals surface area contributed by atoms with Crippen molar-refractivity contribution in [2.75, 3.05) is 0 Å². The molecular formula is C45H70N2. The molecule has 2 nitrogen and oxygen atoms in total. The van der Waals surface area contributed by atoms with Gasteiger partial charge in [0.1, 0.15) is 0 Å². The van der Waals surface area contributed by atoms with Crippen LogP contribution in [-0.2, 0) is 25.7 Å². The Morgan fingerprint density at radius 3 is 1.23 bits per heavy atom. The van der Waals surface area contributed by atoms with E-state index in [1.807, 2.05) is 0 Å². The highest BCUT2D eigenvalue weighted by atomic mass is 15.2. The molecule has 0 saturated heterocycles. The number of hydrogen-bond acceptors (Lipinski definition) is 0. The van der Waals surface area contributed by atoms with Crippen molar-refractivity contribution >= 4 is 11.4 Å². The lowest BCUT2D eigenvalue weighted by molar-refractivity contribution is -0.344. The van der Waals surface area contributed by atoms with E-state index in [4.69, 9.17) is 0 Å². The predicted molar refractivity (Wildman–Crippen MR) is 207 cm³/mol. The van der Waals surface area contributed by atoms with Crippen molar-refractivity contribution in [3.63, 3.8) is 0 Å². The second-order valence-electron chi connectivity index (χ2n) is 14.5. The van der Waals surface area contributed by atoms with Crippen molar-refractivity contribution in [2.45, 2.75) is 189 Å². The molecule has 3 rings (SSSR count). The summed E-state index contributed by atoms with van der Waals surface area (Å²) < 4.78 is 1.57. The van der Waals surface area contributed by atoms with Crippen molar-refractivity contribution in [3.05, 3.63) is 87.0 Å². The van der Waals surface area contributed by atoms with Crippen LogP contribution in [0.25, 0.3) is 16.9 Å². The maximum atomic E-state index is 12.1. The van der Waals surface area contributed by atoms with Gasteiger partial charge in [-0.15, -0.1) is 0 Å². The first-order valence-corrected chi connectivity index (χ1v) is 20.2. The average molecular weight is 639 g/mol. The molecule has 2 aromatic rings. The van der Waals surface area contributed by atoms with E-state index in [1.54, 1.807) is 4.70 Å². The molecule has 0 amide bonds. The molecule has 47 heavy (non-hydrogen) atoms. The molecular weight excluding hydrogens is 569 g/mol. The van der Waals surface area contributed by atoms with Crippen LogP contribution in [0, 0.1) is 0 Å². The van der Waals surface area contributed by atoms with Crippen molar-refractivity contribution < 1.29 is 4.70 Å². The molecule has 0 N–H and O–H groups in total. The molecule has 1 heterocycles. The van der Waals surface area contributed by atoms with Crippen molar-refractivity contribution in [1.29, 1.82) is 0 Å². The molecule has 2 heteroatoms. The summed E-state index contributed by atoms with van der Waals surface area (Å²) in [7, 11) is 0. The first kappa shape index (κ1) is 39.0. The van der Waals surface area contributed by atoms with Crippen LogP contribution in [0.1, 0.15) is 196 Å². The molecule has 0 spiro atoms. The average Bonchev–Trinajstić information content (AvgIpc) is 3.41. The van der Waals surface area contributed by atoms with E-state index in [2.05, 4.69) is 77.1 Å². The summed E-state index contributed by atoms with van der Waals surface area (Å²) >= 11 is 0. The normalized spacial score (nSPS) is 13.2. The summed E-state index contributed by atoms with van der Waals surface area (Å²) in [4.78, 5) is 0. The molecule has 260 valence electrons. The summed E-state index contributed by atoms with van der Waals surface area (Å²) in [5.74, 6) is 0. The van der Waals surface area contributed by atoms with Crippen LogP contribution in [-0.4, -0.2) is 4.70 Å². The molecule has 0 aliphatic carbocycles. The number of allylic oxidation sites excluding steroid dienone is 2. The van der Waals surface area contributed by atoms with Crippen LogP contribution >= 0.6 is 0 Å². The van der Waals surface area contributed by atoms with Crippen LogP contribution in [0.3, 0.4) is 0 Å². The van der Waals surface area contributed by atoms with Crippen LogP contribution in [0.4, 0.5) is 0 Å². The summed E-state index contributed by atoms with van der Waals surface area (Å²) in [6, 6.07) is 14.4. The van der Waals surface area contributed by atoms with Crippen LogP contribution in [0.2, 0.25) is 0 Å². The van der Waals surface area contributed by atoms with Crippen LogP contribution in [0.15, 0.2) is 48.0 Å². The first-order chi connectivity index (χ1) is 23.0. The van der Waals surface area contributed by atoms with E-state index in [0.717, 1.165) is 49.9 Å². The third kappa shape index (κ3) is 13.5. The van der Waals surface area contributed by atoms with Gasteiger partial charge in [0.15, 0.2) is 0 Å². The van der Waals surface area contributed by atoms with Crippen LogP contribution in [0.5, 0.6) is 0 Å². The zero-order chi connectivity index (χ0) is 33.7. The number of aryl methyl sites for hydroxylation is 4. The van der Waals surface area contributed by atoms with E-state index in [1.165, 1.54) is 155 Å². The zero-order valence-electron chi connectivity index (χ0n) is 31.4. The highest BCUT2D eigenvalue weighted by Crippen LogP contribution is 2.39. The first-order valence-electron chi connectivity index (χ1n) is 20.2. The third-order valence-corrected chi connectivity index (χ3v) is 10.1. The highest BCUT2D eigenvalue weighted by Gasteiger charge is 2.29. The van der Waals surface area contributed by atoms with Gasteiger partial charge in [-0.3, -0.25) is 0 Å². The van der Waals surface area contributed by atoms with Crippen molar-refractivity contribution in [2.24, 2.45) is 0 Å². The number of rotatable bonds is 26. The van der Waals surface area contributed by atoms with E-state index in [-0.39, 0.29) is 0 Å². The number of hydrogen-bond donors (Lipinski definition) is 0. The highest BCUT2D eigenvalue weighted by molar-refractivity contribution is 5.79. The minimum atomic E-state index is 0.960. The van der Waals surface area contributed by atoms with E-state index >= 15 is 0 Å². The van der Waals surface area contributed by atoms with Gasteiger partial charge >= 0.3 is 0 Å². The molecule has 0 fully saturated rings. The minimum Gasteiger partial charge on any atom is -0.493 e. The standard InChI is InChI=1S/C45H70N2/c1-6-11-16-18-20-23-27-39-31-40(28-24-21-19-17-12-7-2)35-43(34-39)45-41(29-22-13-8-3)36-44(47(45)46)42-32-37(25-14-9-4)30-38(33-42)26-15-10-5/h30-36H,6-29H2,1-5H3.